The maximum Gasteiger partial charge on any atom is 0.573 e. The molecule has 0 bridgehead atoms. The molecule has 2 aromatic rings. The Balaban J connectivity index is 1.96. The number of thioether (sulfide) groups is 1. The second-order valence-electron chi connectivity index (χ2n) is 4.82. The molecule has 0 saturated heterocycles. The van der Waals surface area contributed by atoms with E-state index in [0.29, 0.717) is 5.69 Å². The van der Waals surface area contributed by atoms with E-state index in [1.165, 1.54) is 18.2 Å². The first-order valence-electron chi connectivity index (χ1n) is 6.86. The lowest BCUT2D eigenvalue weighted by Crippen LogP contribution is -2.23. The van der Waals surface area contributed by atoms with Gasteiger partial charge in [0.1, 0.15) is 17.4 Å². The molecular weight excluding hydrogens is 359 g/mol. The minimum absolute atomic E-state index is 0.183. The number of anilines is 3. The quantitative estimate of drug-likeness (QED) is 0.545. The SMILES string of the molecule is C[C@@H](Sc1nc(N)cc(N)n1)C(=O)Nc1ccc(OC(F)(F)F)cc1. The van der Waals surface area contributed by atoms with Crippen LogP contribution >= 0.6 is 11.8 Å². The number of halogens is 3. The van der Waals surface area contributed by atoms with Crippen molar-refractivity contribution in [3.8, 4) is 5.75 Å². The molecular formula is C14H14F3N5O2S. The topological polar surface area (TPSA) is 116 Å². The summed E-state index contributed by atoms with van der Waals surface area (Å²) in [5.41, 5.74) is 11.4. The number of nitrogens with zero attached hydrogens (tertiary/aromatic N) is 2. The number of benzene rings is 1. The van der Waals surface area contributed by atoms with Gasteiger partial charge in [0.25, 0.3) is 0 Å². The smallest absolute Gasteiger partial charge is 0.406 e. The van der Waals surface area contributed by atoms with Crippen LogP contribution in [0.4, 0.5) is 30.5 Å². The van der Waals surface area contributed by atoms with Gasteiger partial charge >= 0.3 is 6.36 Å². The fourth-order valence-electron chi connectivity index (χ4n) is 1.71. The van der Waals surface area contributed by atoms with Gasteiger partial charge in [-0.2, -0.15) is 0 Å². The molecule has 25 heavy (non-hydrogen) atoms. The van der Waals surface area contributed by atoms with Gasteiger partial charge < -0.3 is 21.5 Å². The van der Waals surface area contributed by atoms with Crippen molar-refractivity contribution in [3.63, 3.8) is 0 Å². The molecule has 0 aliphatic rings. The molecule has 0 saturated carbocycles. The Morgan fingerprint density at radius 2 is 1.76 bits per heavy atom. The first-order valence-corrected chi connectivity index (χ1v) is 7.74. The number of nitrogens with two attached hydrogens (primary N) is 2. The Morgan fingerprint density at radius 1 is 1.20 bits per heavy atom. The van der Waals surface area contributed by atoms with E-state index in [1.54, 1.807) is 6.92 Å². The number of hydrogen-bond acceptors (Lipinski definition) is 7. The van der Waals surface area contributed by atoms with E-state index in [0.717, 1.165) is 23.9 Å². The van der Waals surface area contributed by atoms with Crippen LogP contribution in [0.2, 0.25) is 0 Å². The molecule has 1 aromatic carbocycles. The number of carbonyl (C=O) groups is 1. The summed E-state index contributed by atoms with van der Waals surface area (Å²) in [5, 5.41) is 2.22. The molecule has 11 heteroatoms. The van der Waals surface area contributed by atoms with Crippen LogP contribution in [0.25, 0.3) is 0 Å². The van der Waals surface area contributed by atoms with E-state index in [1.807, 2.05) is 0 Å². The summed E-state index contributed by atoms with van der Waals surface area (Å²) in [7, 11) is 0. The number of rotatable bonds is 5. The van der Waals surface area contributed by atoms with Gasteiger partial charge in [-0.3, -0.25) is 4.79 Å². The van der Waals surface area contributed by atoms with Crippen LogP contribution in [0.1, 0.15) is 6.92 Å². The van der Waals surface area contributed by atoms with E-state index in [4.69, 9.17) is 11.5 Å². The zero-order valence-corrected chi connectivity index (χ0v) is 13.7. The van der Waals surface area contributed by atoms with Crippen molar-refractivity contribution < 1.29 is 22.7 Å². The fraction of sp³-hybridized carbons (Fsp3) is 0.214. The normalized spacial score (nSPS) is 12.5. The Morgan fingerprint density at radius 3 is 2.28 bits per heavy atom. The number of nitrogens with one attached hydrogen (secondary N) is 1. The molecule has 0 aliphatic carbocycles. The number of hydrogen-bond donors (Lipinski definition) is 3. The third-order valence-electron chi connectivity index (χ3n) is 2.75. The highest BCUT2D eigenvalue weighted by molar-refractivity contribution is 8.00. The minimum atomic E-state index is -4.77. The first-order chi connectivity index (χ1) is 11.6. The van der Waals surface area contributed by atoms with E-state index in [2.05, 4.69) is 20.0 Å². The summed E-state index contributed by atoms with van der Waals surface area (Å²) in [6.07, 6.45) is -4.77. The lowest BCUT2D eigenvalue weighted by atomic mass is 10.3. The molecule has 1 heterocycles. The van der Waals surface area contributed by atoms with Gasteiger partial charge in [0.2, 0.25) is 5.91 Å². The predicted octanol–water partition coefficient (Wildman–Crippen LogP) is 2.66. The third-order valence-corrected chi connectivity index (χ3v) is 3.71. The Labute approximate surface area is 145 Å². The van der Waals surface area contributed by atoms with E-state index < -0.39 is 11.6 Å². The lowest BCUT2D eigenvalue weighted by Gasteiger charge is -2.12. The maximum atomic E-state index is 12.1. The van der Waals surface area contributed by atoms with Crippen molar-refractivity contribution in [2.24, 2.45) is 0 Å². The monoisotopic (exact) mass is 373 g/mol. The lowest BCUT2D eigenvalue weighted by molar-refractivity contribution is -0.274. The molecule has 134 valence electrons. The minimum Gasteiger partial charge on any atom is -0.406 e. The molecule has 0 radical (unpaired) electrons. The van der Waals surface area contributed by atoms with Gasteiger partial charge in [-0.05, 0) is 31.2 Å². The molecule has 1 aromatic heterocycles. The number of amides is 1. The van der Waals surface area contributed by atoms with Crippen molar-refractivity contribution in [2.75, 3.05) is 16.8 Å². The predicted molar refractivity (Wildman–Crippen MR) is 87.9 cm³/mol. The van der Waals surface area contributed by atoms with Crippen molar-refractivity contribution >= 4 is 35.0 Å². The first kappa shape index (κ1) is 18.6. The molecule has 0 spiro atoms. The highest BCUT2D eigenvalue weighted by Gasteiger charge is 2.31. The Bertz CT molecular complexity index is 735. The standard InChI is InChI=1S/C14H14F3N5O2S/c1-7(25-13-21-10(18)6-11(19)22-13)12(23)20-8-2-4-9(5-3-8)24-14(15,16)17/h2-7H,1H3,(H,20,23)(H4,18,19,21,22)/t7-/m1/s1. The van der Waals surface area contributed by atoms with Crippen LogP contribution < -0.4 is 21.5 Å². The van der Waals surface area contributed by atoms with Crippen LogP contribution in [0.3, 0.4) is 0 Å². The van der Waals surface area contributed by atoms with Gasteiger partial charge in [-0.1, -0.05) is 11.8 Å². The van der Waals surface area contributed by atoms with Gasteiger partial charge in [-0.25, -0.2) is 9.97 Å². The number of carbonyl (C=O) groups excluding carboxylic acids is 1. The molecule has 1 amide bonds. The Hall–Kier alpha value is -2.69. The van der Waals surface area contributed by atoms with E-state index in [-0.39, 0.29) is 28.4 Å². The van der Waals surface area contributed by atoms with Crippen molar-refractivity contribution in [1.82, 2.24) is 9.97 Å². The largest absolute Gasteiger partial charge is 0.573 e. The highest BCUT2D eigenvalue weighted by Crippen LogP contribution is 2.25. The summed E-state index contributed by atoms with van der Waals surface area (Å²) in [4.78, 5) is 20.1. The second-order valence-corrected chi connectivity index (χ2v) is 6.13. The van der Waals surface area contributed by atoms with Crippen molar-refractivity contribution in [2.45, 2.75) is 23.7 Å². The van der Waals surface area contributed by atoms with Crippen LogP contribution in [0, 0.1) is 0 Å². The third kappa shape index (κ3) is 6.03. The maximum absolute atomic E-state index is 12.1. The summed E-state index contributed by atoms with van der Waals surface area (Å²) in [5.74, 6) is -0.402. The summed E-state index contributed by atoms with van der Waals surface area (Å²) in [6.45, 7) is 1.61. The number of ether oxygens (including phenoxy) is 1. The van der Waals surface area contributed by atoms with Crippen LogP contribution in [-0.4, -0.2) is 27.5 Å². The summed E-state index contributed by atoms with van der Waals surface area (Å²) < 4.78 is 40.0. The molecule has 7 nitrogen and oxygen atoms in total. The zero-order chi connectivity index (χ0) is 18.6. The number of alkyl halides is 3. The molecule has 2 rings (SSSR count). The molecule has 5 N–H and O–H groups in total. The van der Waals surface area contributed by atoms with Crippen LogP contribution in [-0.2, 0) is 4.79 Å². The van der Waals surface area contributed by atoms with Crippen molar-refractivity contribution in [3.05, 3.63) is 30.3 Å². The number of nitrogen functional groups attached to an aromatic ring is 2. The summed E-state index contributed by atoms with van der Waals surface area (Å²) >= 11 is 1.04. The molecule has 0 aliphatic heterocycles. The van der Waals surface area contributed by atoms with Gasteiger partial charge in [-0.15, -0.1) is 13.2 Å². The van der Waals surface area contributed by atoms with Gasteiger partial charge in [0.05, 0.1) is 5.25 Å². The van der Waals surface area contributed by atoms with Crippen LogP contribution in [0.5, 0.6) is 5.75 Å². The molecule has 1 atom stereocenters. The van der Waals surface area contributed by atoms with Gasteiger partial charge in [0.15, 0.2) is 5.16 Å². The average Bonchev–Trinajstić information content (AvgIpc) is 2.46. The zero-order valence-electron chi connectivity index (χ0n) is 12.9. The van der Waals surface area contributed by atoms with Crippen LogP contribution in [0.15, 0.2) is 35.5 Å². The van der Waals surface area contributed by atoms with E-state index >= 15 is 0 Å². The fourth-order valence-corrected chi connectivity index (χ4v) is 2.51. The number of aromatic nitrogens is 2. The van der Waals surface area contributed by atoms with E-state index in [9.17, 15) is 18.0 Å². The Kier molecular flexibility index (Phi) is 5.57. The molecule has 0 fully saturated rings. The molecule has 0 unspecified atom stereocenters. The second kappa shape index (κ2) is 7.47. The highest BCUT2D eigenvalue weighted by atomic mass is 32.2. The van der Waals surface area contributed by atoms with Crippen molar-refractivity contribution in [1.29, 1.82) is 0 Å². The summed E-state index contributed by atoms with van der Waals surface area (Å²) in [6, 6.07) is 6.18. The van der Waals surface area contributed by atoms with Gasteiger partial charge in [0, 0.05) is 11.8 Å². The average molecular weight is 373 g/mol.